The first-order chi connectivity index (χ1) is 6.45. The standard InChI is InChI=1S/C10H11N3/c1-2-4-9(5-3-1)8-13-10-11-6-7-12-10/h1-7H,8H2,(H2,11,12,13). The Morgan fingerprint density at radius 2 is 2.08 bits per heavy atom. The highest BCUT2D eigenvalue weighted by atomic mass is 15.1. The van der Waals surface area contributed by atoms with E-state index in [-0.39, 0.29) is 0 Å². The summed E-state index contributed by atoms with van der Waals surface area (Å²) in [5.41, 5.74) is 1.25. The molecule has 1 heterocycles. The molecule has 0 bridgehead atoms. The molecule has 0 amide bonds. The van der Waals surface area contributed by atoms with E-state index in [4.69, 9.17) is 0 Å². The largest absolute Gasteiger partial charge is 0.352 e. The summed E-state index contributed by atoms with van der Waals surface area (Å²) in [6.45, 7) is 0.800. The summed E-state index contributed by atoms with van der Waals surface area (Å²) in [5.74, 6) is 0.809. The van der Waals surface area contributed by atoms with Crippen LogP contribution >= 0.6 is 0 Å². The molecule has 1 aromatic carbocycles. The van der Waals surface area contributed by atoms with Gasteiger partial charge in [0.2, 0.25) is 0 Å². The number of nitrogens with one attached hydrogen (secondary N) is 2. The van der Waals surface area contributed by atoms with Gasteiger partial charge in [-0.05, 0) is 5.56 Å². The Bertz CT molecular complexity index is 340. The van der Waals surface area contributed by atoms with Crippen LogP contribution in [0.2, 0.25) is 0 Å². The second-order valence-electron chi connectivity index (χ2n) is 2.78. The third-order valence-corrected chi connectivity index (χ3v) is 1.80. The first kappa shape index (κ1) is 7.86. The fourth-order valence-electron chi connectivity index (χ4n) is 1.14. The van der Waals surface area contributed by atoms with Gasteiger partial charge in [-0.25, -0.2) is 4.98 Å². The Morgan fingerprint density at radius 1 is 1.23 bits per heavy atom. The summed E-state index contributed by atoms with van der Waals surface area (Å²) in [4.78, 5) is 7.05. The molecule has 2 rings (SSSR count). The second-order valence-corrected chi connectivity index (χ2v) is 2.78. The van der Waals surface area contributed by atoms with Gasteiger partial charge in [0.25, 0.3) is 0 Å². The Morgan fingerprint density at radius 3 is 2.77 bits per heavy atom. The number of H-pyrrole nitrogens is 1. The molecular formula is C10H11N3. The molecule has 2 N–H and O–H groups in total. The minimum atomic E-state index is 0.800. The first-order valence-corrected chi connectivity index (χ1v) is 4.22. The maximum atomic E-state index is 4.06. The van der Waals surface area contributed by atoms with Crippen LogP contribution in [0.3, 0.4) is 0 Å². The number of nitrogens with zero attached hydrogens (tertiary/aromatic N) is 1. The van der Waals surface area contributed by atoms with Crippen molar-refractivity contribution in [3.05, 3.63) is 48.3 Å². The molecule has 3 heteroatoms. The van der Waals surface area contributed by atoms with Gasteiger partial charge >= 0.3 is 0 Å². The van der Waals surface area contributed by atoms with E-state index in [1.165, 1.54) is 5.56 Å². The minimum Gasteiger partial charge on any atom is -0.352 e. The highest BCUT2D eigenvalue weighted by molar-refractivity contribution is 5.26. The van der Waals surface area contributed by atoms with Crippen LogP contribution in [-0.2, 0) is 6.54 Å². The summed E-state index contributed by atoms with van der Waals surface area (Å²) < 4.78 is 0. The number of imidazole rings is 1. The number of benzene rings is 1. The van der Waals surface area contributed by atoms with Crippen molar-refractivity contribution < 1.29 is 0 Å². The van der Waals surface area contributed by atoms with Crippen molar-refractivity contribution in [2.75, 3.05) is 5.32 Å². The number of aromatic nitrogens is 2. The Balaban J connectivity index is 1.94. The molecule has 0 spiro atoms. The lowest BCUT2D eigenvalue weighted by atomic mass is 10.2. The zero-order chi connectivity index (χ0) is 8.93. The Labute approximate surface area is 76.8 Å². The van der Waals surface area contributed by atoms with Gasteiger partial charge in [-0.15, -0.1) is 0 Å². The number of rotatable bonds is 3. The Hall–Kier alpha value is -1.77. The van der Waals surface area contributed by atoms with Crippen molar-refractivity contribution in [3.8, 4) is 0 Å². The van der Waals surface area contributed by atoms with Gasteiger partial charge in [-0.1, -0.05) is 30.3 Å². The minimum absolute atomic E-state index is 0.800. The molecule has 0 atom stereocenters. The fraction of sp³-hybridized carbons (Fsp3) is 0.100. The molecule has 0 unspecified atom stereocenters. The third-order valence-electron chi connectivity index (χ3n) is 1.80. The molecule has 0 aliphatic heterocycles. The average molecular weight is 173 g/mol. The molecule has 0 saturated heterocycles. The lowest BCUT2D eigenvalue weighted by molar-refractivity contribution is 1.09. The lowest BCUT2D eigenvalue weighted by Gasteiger charge is -2.01. The lowest BCUT2D eigenvalue weighted by Crippen LogP contribution is -2.00. The quantitative estimate of drug-likeness (QED) is 0.745. The van der Waals surface area contributed by atoms with Crippen LogP contribution in [0.25, 0.3) is 0 Å². The normalized spacial score (nSPS) is 9.85. The number of aromatic amines is 1. The van der Waals surface area contributed by atoms with Crippen LogP contribution in [0.5, 0.6) is 0 Å². The van der Waals surface area contributed by atoms with Gasteiger partial charge in [0.1, 0.15) is 0 Å². The summed E-state index contributed by atoms with van der Waals surface area (Å²) in [6.07, 6.45) is 3.53. The van der Waals surface area contributed by atoms with Crippen LogP contribution in [-0.4, -0.2) is 9.97 Å². The van der Waals surface area contributed by atoms with Crippen LogP contribution in [0.4, 0.5) is 5.95 Å². The zero-order valence-corrected chi connectivity index (χ0v) is 7.20. The van der Waals surface area contributed by atoms with Gasteiger partial charge in [-0.2, -0.15) is 0 Å². The SMILES string of the molecule is c1ccc(CNc2ncc[nH]2)cc1. The molecule has 2 aromatic rings. The third kappa shape index (κ3) is 2.08. The zero-order valence-electron chi connectivity index (χ0n) is 7.20. The highest BCUT2D eigenvalue weighted by Crippen LogP contribution is 2.02. The van der Waals surface area contributed by atoms with E-state index in [1.54, 1.807) is 12.4 Å². The van der Waals surface area contributed by atoms with Crippen molar-refractivity contribution in [1.82, 2.24) is 9.97 Å². The summed E-state index contributed by atoms with van der Waals surface area (Å²) in [7, 11) is 0. The smallest absolute Gasteiger partial charge is 0.200 e. The van der Waals surface area contributed by atoms with Gasteiger partial charge in [0.05, 0.1) is 0 Å². The van der Waals surface area contributed by atoms with Crippen molar-refractivity contribution in [1.29, 1.82) is 0 Å². The van der Waals surface area contributed by atoms with Gasteiger partial charge < -0.3 is 10.3 Å². The molecule has 0 radical (unpaired) electrons. The maximum absolute atomic E-state index is 4.06. The molecule has 66 valence electrons. The van der Waals surface area contributed by atoms with Crippen molar-refractivity contribution in [2.45, 2.75) is 6.54 Å². The number of anilines is 1. The topological polar surface area (TPSA) is 40.7 Å². The van der Waals surface area contributed by atoms with Gasteiger partial charge in [0, 0.05) is 18.9 Å². The summed E-state index contributed by atoms with van der Waals surface area (Å²) >= 11 is 0. The number of hydrogen-bond acceptors (Lipinski definition) is 2. The maximum Gasteiger partial charge on any atom is 0.200 e. The molecular weight excluding hydrogens is 162 g/mol. The predicted molar refractivity (Wildman–Crippen MR) is 52.4 cm³/mol. The molecule has 0 aliphatic carbocycles. The van der Waals surface area contributed by atoms with Crippen LogP contribution in [0, 0.1) is 0 Å². The van der Waals surface area contributed by atoms with Crippen LogP contribution < -0.4 is 5.32 Å². The van der Waals surface area contributed by atoms with E-state index in [0.717, 1.165) is 12.5 Å². The highest BCUT2D eigenvalue weighted by Gasteiger charge is 1.92. The van der Waals surface area contributed by atoms with Crippen molar-refractivity contribution >= 4 is 5.95 Å². The van der Waals surface area contributed by atoms with E-state index in [9.17, 15) is 0 Å². The molecule has 0 fully saturated rings. The van der Waals surface area contributed by atoms with E-state index < -0.39 is 0 Å². The molecule has 0 aliphatic rings. The fourth-order valence-corrected chi connectivity index (χ4v) is 1.14. The molecule has 13 heavy (non-hydrogen) atoms. The molecule has 1 aromatic heterocycles. The number of hydrogen-bond donors (Lipinski definition) is 2. The predicted octanol–water partition coefficient (Wildman–Crippen LogP) is 2.02. The van der Waals surface area contributed by atoms with Crippen LogP contribution in [0.15, 0.2) is 42.7 Å². The molecule has 3 nitrogen and oxygen atoms in total. The molecule has 0 saturated carbocycles. The average Bonchev–Trinajstić information content (AvgIpc) is 2.69. The Kier molecular flexibility index (Phi) is 2.27. The van der Waals surface area contributed by atoms with E-state index in [1.807, 2.05) is 18.2 Å². The van der Waals surface area contributed by atoms with E-state index in [0.29, 0.717) is 0 Å². The van der Waals surface area contributed by atoms with Gasteiger partial charge in [-0.3, -0.25) is 0 Å². The van der Waals surface area contributed by atoms with E-state index >= 15 is 0 Å². The monoisotopic (exact) mass is 173 g/mol. The summed E-state index contributed by atoms with van der Waals surface area (Å²) in [5, 5.41) is 3.17. The summed E-state index contributed by atoms with van der Waals surface area (Å²) in [6, 6.07) is 10.2. The van der Waals surface area contributed by atoms with Crippen molar-refractivity contribution in [3.63, 3.8) is 0 Å². The van der Waals surface area contributed by atoms with Gasteiger partial charge in [0.15, 0.2) is 5.95 Å². The second kappa shape index (κ2) is 3.76. The van der Waals surface area contributed by atoms with Crippen LogP contribution in [0.1, 0.15) is 5.56 Å². The van der Waals surface area contributed by atoms with E-state index in [2.05, 4.69) is 27.4 Å². The van der Waals surface area contributed by atoms with Crippen molar-refractivity contribution in [2.24, 2.45) is 0 Å². The first-order valence-electron chi connectivity index (χ1n) is 4.22.